The van der Waals surface area contributed by atoms with Crippen molar-refractivity contribution in [3.05, 3.63) is 59.7 Å². The molecule has 0 aromatic heterocycles. The molecule has 0 aliphatic carbocycles. The lowest BCUT2D eigenvalue weighted by Crippen LogP contribution is -2.36. The third-order valence-corrected chi connectivity index (χ3v) is 4.42. The van der Waals surface area contributed by atoms with Gasteiger partial charge in [-0.15, -0.1) is 0 Å². The van der Waals surface area contributed by atoms with Crippen molar-refractivity contribution in [3.63, 3.8) is 0 Å². The molecule has 2 aromatic carbocycles. The summed E-state index contributed by atoms with van der Waals surface area (Å²) in [6.45, 7) is 5.24. The summed E-state index contributed by atoms with van der Waals surface area (Å²) in [5, 5.41) is 13.1. The van der Waals surface area contributed by atoms with Crippen LogP contribution in [0, 0.1) is 6.92 Å². The predicted molar refractivity (Wildman–Crippen MR) is 98.9 cm³/mol. The number of morpholine rings is 1. The van der Waals surface area contributed by atoms with Crippen molar-refractivity contribution in [1.29, 1.82) is 0 Å². The van der Waals surface area contributed by atoms with Gasteiger partial charge in [0.25, 0.3) is 0 Å². The highest BCUT2D eigenvalue weighted by molar-refractivity contribution is 5.92. The number of hydrogen-bond donors (Lipinski definition) is 2. The maximum atomic E-state index is 12.2. The van der Waals surface area contributed by atoms with Gasteiger partial charge in [0.1, 0.15) is 0 Å². The van der Waals surface area contributed by atoms with E-state index in [1.165, 1.54) is 0 Å². The van der Waals surface area contributed by atoms with Crippen molar-refractivity contribution < 1.29 is 14.6 Å². The van der Waals surface area contributed by atoms with Crippen LogP contribution in [0.1, 0.15) is 23.7 Å². The number of benzene rings is 2. The zero-order valence-corrected chi connectivity index (χ0v) is 14.4. The Morgan fingerprint density at radius 1 is 1.20 bits per heavy atom. The average Bonchev–Trinajstić information content (AvgIpc) is 2.65. The number of carbonyl (C=O) groups excluding carboxylic acids is 1. The molecule has 1 aliphatic heterocycles. The van der Waals surface area contributed by atoms with Crippen LogP contribution in [0.3, 0.4) is 0 Å². The molecule has 0 bridgehead atoms. The lowest BCUT2D eigenvalue weighted by atomic mass is 10.1. The summed E-state index contributed by atoms with van der Waals surface area (Å²) in [7, 11) is 0. The molecule has 5 heteroatoms. The van der Waals surface area contributed by atoms with Gasteiger partial charge in [-0.05, 0) is 36.2 Å². The van der Waals surface area contributed by atoms with Crippen LogP contribution in [-0.4, -0.2) is 37.3 Å². The first-order valence-electron chi connectivity index (χ1n) is 8.59. The third-order valence-electron chi connectivity index (χ3n) is 4.42. The fourth-order valence-electron chi connectivity index (χ4n) is 2.98. The second kappa shape index (κ2) is 8.14. The van der Waals surface area contributed by atoms with Crippen LogP contribution >= 0.6 is 0 Å². The van der Waals surface area contributed by atoms with E-state index in [9.17, 15) is 9.90 Å². The summed E-state index contributed by atoms with van der Waals surface area (Å²) in [6, 6.07) is 15.2. The maximum absolute atomic E-state index is 12.2. The second-order valence-corrected chi connectivity index (χ2v) is 6.28. The van der Waals surface area contributed by atoms with Crippen LogP contribution in [-0.2, 0) is 9.53 Å². The highest BCUT2D eigenvalue weighted by Crippen LogP contribution is 2.24. The van der Waals surface area contributed by atoms with Crippen LogP contribution in [0.15, 0.2) is 48.5 Å². The fraction of sp³-hybridized carbons (Fsp3) is 0.350. The van der Waals surface area contributed by atoms with E-state index in [-0.39, 0.29) is 12.3 Å². The van der Waals surface area contributed by atoms with E-state index in [4.69, 9.17) is 4.74 Å². The Hall–Kier alpha value is -2.37. The molecule has 2 N–H and O–H groups in total. The van der Waals surface area contributed by atoms with Crippen molar-refractivity contribution in [1.82, 2.24) is 0 Å². The number of rotatable bonds is 5. The molecule has 3 rings (SSSR count). The number of amides is 1. The Labute approximate surface area is 148 Å². The standard InChI is InChI=1S/C20H24N2O3/c1-15-13-17(22-9-11-25-12-10-22)7-8-18(15)21-20(24)14-19(23)16-5-3-2-4-6-16/h2-8,13,19,23H,9-12,14H2,1H3,(H,21,24). The smallest absolute Gasteiger partial charge is 0.227 e. The minimum Gasteiger partial charge on any atom is -0.388 e. The van der Waals surface area contributed by atoms with Crippen molar-refractivity contribution in [2.45, 2.75) is 19.4 Å². The summed E-state index contributed by atoms with van der Waals surface area (Å²) in [6.07, 6.45) is -0.761. The van der Waals surface area contributed by atoms with E-state index in [0.29, 0.717) is 0 Å². The molecule has 2 aromatic rings. The lowest BCUT2D eigenvalue weighted by Gasteiger charge is -2.29. The largest absolute Gasteiger partial charge is 0.388 e. The van der Waals surface area contributed by atoms with Gasteiger partial charge in [0.05, 0.1) is 25.7 Å². The van der Waals surface area contributed by atoms with Gasteiger partial charge in [-0.2, -0.15) is 0 Å². The van der Waals surface area contributed by atoms with Gasteiger partial charge in [0.15, 0.2) is 0 Å². The van der Waals surface area contributed by atoms with E-state index >= 15 is 0 Å². The first-order valence-corrected chi connectivity index (χ1v) is 8.59. The summed E-state index contributed by atoms with van der Waals surface area (Å²) < 4.78 is 5.38. The zero-order valence-electron chi connectivity index (χ0n) is 14.4. The van der Waals surface area contributed by atoms with E-state index in [2.05, 4.69) is 16.3 Å². The number of aliphatic hydroxyl groups excluding tert-OH is 1. The van der Waals surface area contributed by atoms with Gasteiger partial charge < -0.3 is 20.1 Å². The van der Waals surface area contributed by atoms with Crippen LogP contribution in [0.25, 0.3) is 0 Å². The number of anilines is 2. The SMILES string of the molecule is Cc1cc(N2CCOCC2)ccc1NC(=O)CC(O)c1ccccc1. The lowest BCUT2D eigenvalue weighted by molar-refractivity contribution is -0.118. The molecule has 1 atom stereocenters. The molecule has 0 radical (unpaired) electrons. The summed E-state index contributed by atoms with van der Waals surface area (Å²) in [4.78, 5) is 14.5. The molecule has 132 valence electrons. The monoisotopic (exact) mass is 340 g/mol. The molecular formula is C20H24N2O3. The summed E-state index contributed by atoms with van der Waals surface area (Å²) >= 11 is 0. The van der Waals surface area contributed by atoms with Crippen molar-refractivity contribution in [2.75, 3.05) is 36.5 Å². The van der Waals surface area contributed by atoms with Gasteiger partial charge in [-0.1, -0.05) is 30.3 Å². The fourth-order valence-corrected chi connectivity index (χ4v) is 2.98. The quantitative estimate of drug-likeness (QED) is 0.879. The van der Waals surface area contributed by atoms with Gasteiger partial charge in [-0.25, -0.2) is 0 Å². The molecule has 5 nitrogen and oxygen atoms in total. The molecule has 1 aliphatic rings. The predicted octanol–water partition coefficient (Wildman–Crippen LogP) is 2.89. The molecule has 1 saturated heterocycles. The molecule has 25 heavy (non-hydrogen) atoms. The van der Waals surface area contributed by atoms with Crippen molar-refractivity contribution in [3.8, 4) is 0 Å². The minimum atomic E-state index is -0.797. The number of nitrogens with one attached hydrogen (secondary N) is 1. The number of nitrogens with zero attached hydrogens (tertiary/aromatic N) is 1. The Balaban J connectivity index is 1.61. The Bertz CT molecular complexity index is 712. The second-order valence-electron chi connectivity index (χ2n) is 6.28. The van der Waals surface area contributed by atoms with E-state index in [0.717, 1.165) is 48.8 Å². The van der Waals surface area contributed by atoms with Gasteiger partial charge in [0.2, 0.25) is 5.91 Å². The highest BCUT2D eigenvalue weighted by atomic mass is 16.5. The number of carbonyl (C=O) groups is 1. The highest BCUT2D eigenvalue weighted by Gasteiger charge is 2.15. The average molecular weight is 340 g/mol. The van der Waals surface area contributed by atoms with Crippen molar-refractivity contribution >= 4 is 17.3 Å². The first kappa shape index (κ1) is 17.5. The number of ether oxygens (including phenoxy) is 1. The normalized spacial score (nSPS) is 15.7. The third kappa shape index (κ3) is 4.59. The van der Waals surface area contributed by atoms with E-state index in [1.807, 2.05) is 49.4 Å². The van der Waals surface area contributed by atoms with Gasteiger partial charge >= 0.3 is 0 Å². The summed E-state index contributed by atoms with van der Waals surface area (Å²) in [5.74, 6) is -0.196. The van der Waals surface area contributed by atoms with Crippen LogP contribution in [0.4, 0.5) is 11.4 Å². The topological polar surface area (TPSA) is 61.8 Å². The summed E-state index contributed by atoms with van der Waals surface area (Å²) in [5.41, 5.74) is 3.67. The molecule has 0 spiro atoms. The van der Waals surface area contributed by atoms with Crippen molar-refractivity contribution in [2.24, 2.45) is 0 Å². The molecular weight excluding hydrogens is 316 g/mol. The molecule has 1 heterocycles. The van der Waals surface area contributed by atoms with E-state index < -0.39 is 6.10 Å². The molecule has 1 unspecified atom stereocenters. The number of hydrogen-bond acceptors (Lipinski definition) is 4. The van der Waals surface area contributed by atoms with Crippen LogP contribution in [0.2, 0.25) is 0 Å². The Morgan fingerprint density at radius 3 is 2.60 bits per heavy atom. The molecule has 0 saturated carbocycles. The minimum absolute atomic E-state index is 0.0364. The van der Waals surface area contributed by atoms with Gasteiger partial charge in [0, 0.05) is 24.5 Å². The Morgan fingerprint density at radius 2 is 1.92 bits per heavy atom. The number of aryl methyl sites for hydroxylation is 1. The molecule has 1 fully saturated rings. The van der Waals surface area contributed by atoms with Crippen LogP contribution in [0.5, 0.6) is 0 Å². The molecule has 1 amide bonds. The zero-order chi connectivity index (χ0) is 17.6. The van der Waals surface area contributed by atoms with Gasteiger partial charge in [-0.3, -0.25) is 4.79 Å². The van der Waals surface area contributed by atoms with E-state index in [1.54, 1.807) is 0 Å². The first-order chi connectivity index (χ1) is 12.1. The maximum Gasteiger partial charge on any atom is 0.227 e. The number of aliphatic hydroxyl groups is 1. The van der Waals surface area contributed by atoms with Crippen LogP contribution < -0.4 is 10.2 Å². The Kier molecular flexibility index (Phi) is 5.68.